The van der Waals surface area contributed by atoms with Gasteiger partial charge in [0.1, 0.15) is 5.15 Å². The quantitative estimate of drug-likeness (QED) is 0.750. The SMILES string of the molecule is O=S1(=Nc2cnc(Cl)cn2)CCOCC1. The van der Waals surface area contributed by atoms with Gasteiger partial charge in [-0.3, -0.25) is 0 Å². The number of nitrogens with zero attached hydrogens (tertiary/aromatic N) is 3. The molecule has 82 valence electrons. The van der Waals surface area contributed by atoms with Crippen molar-refractivity contribution in [2.45, 2.75) is 0 Å². The van der Waals surface area contributed by atoms with Gasteiger partial charge in [0.2, 0.25) is 0 Å². The van der Waals surface area contributed by atoms with Gasteiger partial charge in [0.25, 0.3) is 0 Å². The van der Waals surface area contributed by atoms with Crippen molar-refractivity contribution in [2.75, 3.05) is 24.7 Å². The molecule has 0 unspecified atom stereocenters. The first-order valence-corrected chi connectivity index (χ1v) is 6.69. The molecule has 0 bridgehead atoms. The molecule has 0 radical (unpaired) electrons. The van der Waals surface area contributed by atoms with Gasteiger partial charge in [-0.15, -0.1) is 0 Å². The van der Waals surface area contributed by atoms with Gasteiger partial charge in [-0.2, -0.15) is 4.36 Å². The molecule has 7 heteroatoms. The highest BCUT2D eigenvalue weighted by Crippen LogP contribution is 2.14. The Hall–Kier alpha value is -0.720. The molecule has 2 heterocycles. The summed E-state index contributed by atoms with van der Waals surface area (Å²) in [4.78, 5) is 7.76. The van der Waals surface area contributed by atoms with E-state index in [4.69, 9.17) is 16.3 Å². The molecule has 0 atom stereocenters. The van der Waals surface area contributed by atoms with E-state index in [1.54, 1.807) is 0 Å². The average molecular weight is 248 g/mol. The van der Waals surface area contributed by atoms with Gasteiger partial charge in [-0.1, -0.05) is 11.6 Å². The molecule has 0 aliphatic carbocycles. The summed E-state index contributed by atoms with van der Waals surface area (Å²) in [5.74, 6) is 1.28. The van der Waals surface area contributed by atoms with Crippen molar-refractivity contribution in [3.05, 3.63) is 17.5 Å². The summed E-state index contributed by atoms with van der Waals surface area (Å²) in [5, 5.41) is 0.302. The molecule has 15 heavy (non-hydrogen) atoms. The lowest BCUT2D eigenvalue weighted by Crippen LogP contribution is -2.25. The van der Waals surface area contributed by atoms with E-state index in [0.29, 0.717) is 35.7 Å². The summed E-state index contributed by atoms with van der Waals surface area (Å²) < 4.78 is 21.3. The first-order valence-electron chi connectivity index (χ1n) is 4.46. The standard InChI is InChI=1S/C8H10ClN3O2S/c9-7-5-11-8(6-10-7)12-15(13)3-1-14-2-4-15/h5-6H,1-4H2. The maximum Gasteiger partial charge on any atom is 0.180 e. The lowest BCUT2D eigenvalue weighted by atomic mass is 10.7. The molecule has 0 saturated carbocycles. The first-order chi connectivity index (χ1) is 7.18. The third kappa shape index (κ3) is 2.87. The minimum atomic E-state index is -2.20. The highest BCUT2D eigenvalue weighted by atomic mass is 35.5. The Labute approximate surface area is 93.0 Å². The summed E-state index contributed by atoms with van der Waals surface area (Å²) in [7, 11) is -2.20. The fourth-order valence-corrected chi connectivity index (χ4v) is 2.87. The monoisotopic (exact) mass is 247 g/mol. The van der Waals surface area contributed by atoms with E-state index in [9.17, 15) is 4.21 Å². The second-order valence-electron chi connectivity index (χ2n) is 3.08. The van der Waals surface area contributed by atoms with Crippen molar-refractivity contribution in [3.63, 3.8) is 0 Å². The van der Waals surface area contributed by atoms with E-state index in [0.717, 1.165) is 0 Å². The molecule has 1 fully saturated rings. The molecular formula is C8H10ClN3O2S. The van der Waals surface area contributed by atoms with Crippen LogP contribution in [0.2, 0.25) is 5.15 Å². The van der Waals surface area contributed by atoms with Crippen LogP contribution >= 0.6 is 11.6 Å². The van der Waals surface area contributed by atoms with E-state index in [2.05, 4.69) is 14.3 Å². The molecule has 1 aromatic rings. The lowest BCUT2D eigenvalue weighted by molar-refractivity contribution is 0.158. The average Bonchev–Trinajstić information content (AvgIpc) is 2.22. The number of halogens is 1. The minimum Gasteiger partial charge on any atom is -0.379 e. The van der Waals surface area contributed by atoms with Crippen molar-refractivity contribution in [1.29, 1.82) is 0 Å². The summed E-state index contributed by atoms with van der Waals surface area (Å²) in [6.45, 7) is 0.979. The van der Waals surface area contributed by atoms with Crippen LogP contribution in [0, 0.1) is 0 Å². The zero-order chi connectivity index (χ0) is 10.7. The lowest BCUT2D eigenvalue weighted by Gasteiger charge is -2.15. The maximum atomic E-state index is 12.1. The van der Waals surface area contributed by atoms with E-state index in [1.165, 1.54) is 12.4 Å². The molecular weight excluding hydrogens is 238 g/mol. The van der Waals surface area contributed by atoms with E-state index >= 15 is 0 Å². The Kier molecular flexibility index (Phi) is 3.18. The number of hydrogen-bond acceptors (Lipinski definition) is 5. The Balaban J connectivity index is 2.28. The van der Waals surface area contributed by atoms with Crippen LogP contribution in [0.3, 0.4) is 0 Å². The molecule has 0 aromatic carbocycles. The Bertz CT molecular complexity index is 441. The van der Waals surface area contributed by atoms with Gasteiger partial charge in [0.05, 0.1) is 46.8 Å². The number of ether oxygens (including phenoxy) is 1. The second-order valence-corrected chi connectivity index (χ2v) is 6.01. The molecule has 1 aromatic heterocycles. The predicted octanol–water partition coefficient (Wildman–Crippen LogP) is 1.26. The van der Waals surface area contributed by atoms with Gasteiger partial charge in [0.15, 0.2) is 5.82 Å². The van der Waals surface area contributed by atoms with E-state index < -0.39 is 9.73 Å². The normalized spacial score (nSPS) is 19.8. The number of rotatable bonds is 1. The smallest absolute Gasteiger partial charge is 0.180 e. The number of aromatic nitrogens is 2. The van der Waals surface area contributed by atoms with Crippen molar-refractivity contribution in [3.8, 4) is 0 Å². The zero-order valence-electron chi connectivity index (χ0n) is 7.93. The van der Waals surface area contributed by atoms with Gasteiger partial charge < -0.3 is 4.74 Å². The maximum absolute atomic E-state index is 12.1. The van der Waals surface area contributed by atoms with Crippen LogP contribution in [-0.4, -0.2) is 38.9 Å². The Morgan fingerprint density at radius 1 is 1.33 bits per heavy atom. The van der Waals surface area contributed by atoms with Gasteiger partial charge in [-0.05, 0) is 0 Å². The van der Waals surface area contributed by atoms with E-state index in [1.807, 2.05) is 0 Å². The molecule has 1 aliphatic rings. The van der Waals surface area contributed by atoms with Crippen molar-refractivity contribution in [1.82, 2.24) is 9.97 Å². The molecule has 2 rings (SSSR count). The first kappa shape index (κ1) is 10.8. The molecule has 1 saturated heterocycles. The second kappa shape index (κ2) is 4.42. The molecule has 0 spiro atoms. The van der Waals surface area contributed by atoms with Crippen molar-refractivity contribution >= 4 is 27.1 Å². The van der Waals surface area contributed by atoms with Crippen LogP contribution in [0.1, 0.15) is 0 Å². The van der Waals surface area contributed by atoms with Crippen LogP contribution < -0.4 is 0 Å². The van der Waals surface area contributed by atoms with Crippen LogP contribution in [0.5, 0.6) is 0 Å². The third-order valence-corrected chi connectivity index (χ3v) is 4.28. The van der Waals surface area contributed by atoms with Crippen molar-refractivity contribution < 1.29 is 8.95 Å². The van der Waals surface area contributed by atoms with Crippen LogP contribution in [0.25, 0.3) is 0 Å². The zero-order valence-corrected chi connectivity index (χ0v) is 9.50. The summed E-state index contributed by atoms with van der Waals surface area (Å²) >= 11 is 5.58. The van der Waals surface area contributed by atoms with E-state index in [-0.39, 0.29) is 0 Å². The minimum absolute atomic E-state index is 0.302. The number of hydrogen-bond donors (Lipinski definition) is 0. The van der Waals surface area contributed by atoms with Crippen molar-refractivity contribution in [2.24, 2.45) is 4.36 Å². The van der Waals surface area contributed by atoms with Gasteiger partial charge in [0, 0.05) is 0 Å². The summed E-state index contributed by atoms with van der Waals surface area (Å²) in [6.07, 6.45) is 2.81. The fraction of sp³-hybridized carbons (Fsp3) is 0.500. The van der Waals surface area contributed by atoms with Crippen LogP contribution in [0.4, 0.5) is 5.82 Å². The van der Waals surface area contributed by atoms with Gasteiger partial charge >= 0.3 is 0 Å². The Morgan fingerprint density at radius 3 is 2.67 bits per heavy atom. The van der Waals surface area contributed by atoms with Crippen LogP contribution in [-0.2, 0) is 14.5 Å². The largest absolute Gasteiger partial charge is 0.379 e. The molecule has 0 N–H and O–H groups in total. The molecule has 1 aliphatic heterocycles. The third-order valence-electron chi connectivity index (χ3n) is 1.96. The highest BCUT2D eigenvalue weighted by Gasteiger charge is 2.15. The molecule has 5 nitrogen and oxygen atoms in total. The molecule has 0 amide bonds. The predicted molar refractivity (Wildman–Crippen MR) is 57.8 cm³/mol. The Morgan fingerprint density at radius 2 is 2.07 bits per heavy atom. The van der Waals surface area contributed by atoms with Gasteiger partial charge in [-0.25, -0.2) is 14.2 Å². The van der Waals surface area contributed by atoms with Crippen LogP contribution in [0.15, 0.2) is 16.8 Å². The fourth-order valence-electron chi connectivity index (χ4n) is 1.20. The summed E-state index contributed by atoms with van der Waals surface area (Å²) in [6, 6.07) is 0. The topological polar surface area (TPSA) is 64.4 Å². The highest BCUT2D eigenvalue weighted by molar-refractivity contribution is 7.93. The summed E-state index contributed by atoms with van der Waals surface area (Å²) in [5.41, 5.74) is 0.